The molecule has 4 rings (SSSR count). The normalized spacial score (nSPS) is 15.6. The van der Waals surface area contributed by atoms with Gasteiger partial charge in [0.15, 0.2) is 0 Å². The molecule has 0 radical (unpaired) electrons. The number of para-hydroxylation sites is 1. The van der Waals surface area contributed by atoms with Crippen molar-refractivity contribution in [3.05, 3.63) is 75.6 Å². The first kappa shape index (κ1) is 20.3. The van der Waals surface area contributed by atoms with Gasteiger partial charge in [-0.3, -0.25) is 18.9 Å². The van der Waals surface area contributed by atoms with Crippen LogP contribution in [0.25, 0.3) is 11.7 Å². The molecule has 8 heteroatoms. The van der Waals surface area contributed by atoms with E-state index in [1.807, 2.05) is 32.0 Å². The average molecular weight is 438 g/mol. The maximum absolute atomic E-state index is 13.2. The minimum atomic E-state index is -0.319. The Morgan fingerprint density at radius 2 is 1.87 bits per heavy atom. The number of thiocarbonyl (C=S) groups is 1. The molecule has 2 aromatic heterocycles. The summed E-state index contributed by atoms with van der Waals surface area (Å²) in [5.41, 5.74) is 0.339. The van der Waals surface area contributed by atoms with Crippen molar-refractivity contribution in [1.82, 2.24) is 14.3 Å². The second-order valence-electron chi connectivity index (χ2n) is 7.17. The Hall–Kier alpha value is -2.97. The van der Waals surface area contributed by atoms with Gasteiger partial charge in [0.1, 0.15) is 21.3 Å². The number of hydrogen-bond donors (Lipinski definition) is 0. The van der Waals surface area contributed by atoms with Gasteiger partial charge in [0.2, 0.25) is 5.88 Å². The van der Waals surface area contributed by atoms with E-state index in [1.165, 1.54) is 22.2 Å². The molecule has 1 amide bonds. The largest absolute Gasteiger partial charge is 0.438 e. The first-order chi connectivity index (χ1) is 14.4. The van der Waals surface area contributed by atoms with Crippen LogP contribution in [-0.4, -0.2) is 31.1 Å². The van der Waals surface area contributed by atoms with Crippen molar-refractivity contribution in [2.45, 2.75) is 13.8 Å². The number of pyridine rings is 1. The van der Waals surface area contributed by atoms with E-state index in [1.54, 1.807) is 41.4 Å². The fourth-order valence-corrected chi connectivity index (χ4v) is 4.29. The summed E-state index contributed by atoms with van der Waals surface area (Å²) in [6.45, 7) is 4.58. The van der Waals surface area contributed by atoms with Gasteiger partial charge in [0.25, 0.3) is 11.5 Å². The van der Waals surface area contributed by atoms with Crippen LogP contribution in [0, 0.1) is 5.92 Å². The third-order valence-electron chi connectivity index (χ3n) is 4.39. The zero-order valence-corrected chi connectivity index (χ0v) is 18.1. The molecular weight excluding hydrogens is 418 g/mol. The molecule has 0 atom stereocenters. The quantitative estimate of drug-likeness (QED) is 0.437. The number of rotatable bonds is 5. The predicted octanol–water partition coefficient (Wildman–Crippen LogP) is 4.34. The first-order valence-electron chi connectivity index (χ1n) is 9.43. The number of thioether (sulfide) groups is 1. The van der Waals surface area contributed by atoms with Gasteiger partial charge in [-0.2, -0.15) is 4.98 Å². The lowest BCUT2D eigenvalue weighted by molar-refractivity contribution is -0.122. The molecule has 0 unspecified atom stereocenters. The van der Waals surface area contributed by atoms with E-state index in [9.17, 15) is 9.59 Å². The van der Waals surface area contributed by atoms with Gasteiger partial charge < -0.3 is 4.74 Å². The fraction of sp³-hybridized carbons (Fsp3) is 0.182. The van der Waals surface area contributed by atoms with Crippen molar-refractivity contribution >= 4 is 45.9 Å². The third-order valence-corrected chi connectivity index (χ3v) is 5.77. The molecule has 1 aromatic carbocycles. The number of aromatic nitrogens is 2. The van der Waals surface area contributed by atoms with E-state index >= 15 is 0 Å². The zero-order valence-electron chi connectivity index (χ0n) is 16.4. The van der Waals surface area contributed by atoms with E-state index in [4.69, 9.17) is 17.0 Å². The van der Waals surface area contributed by atoms with Crippen LogP contribution in [-0.2, 0) is 4.79 Å². The van der Waals surface area contributed by atoms with Crippen molar-refractivity contribution in [3.63, 3.8) is 0 Å². The second kappa shape index (κ2) is 8.41. The van der Waals surface area contributed by atoms with Gasteiger partial charge in [0, 0.05) is 12.7 Å². The highest BCUT2D eigenvalue weighted by atomic mass is 32.2. The Balaban J connectivity index is 1.83. The van der Waals surface area contributed by atoms with Crippen LogP contribution < -0.4 is 10.3 Å². The minimum absolute atomic E-state index is 0.145. The second-order valence-corrected chi connectivity index (χ2v) is 8.84. The molecule has 3 aromatic rings. The lowest BCUT2D eigenvalue weighted by atomic mass is 10.2. The summed E-state index contributed by atoms with van der Waals surface area (Å²) in [5.74, 6) is 0.761. The summed E-state index contributed by atoms with van der Waals surface area (Å²) < 4.78 is 7.84. The van der Waals surface area contributed by atoms with Crippen molar-refractivity contribution in [2.24, 2.45) is 5.92 Å². The number of nitrogens with zero attached hydrogens (tertiary/aromatic N) is 3. The van der Waals surface area contributed by atoms with Gasteiger partial charge in [-0.05, 0) is 36.3 Å². The summed E-state index contributed by atoms with van der Waals surface area (Å²) in [6, 6.07) is 14.4. The summed E-state index contributed by atoms with van der Waals surface area (Å²) in [4.78, 5) is 32.6. The molecule has 0 saturated carbocycles. The molecule has 1 fully saturated rings. The molecule has 1 saturated heterocycles. The van der Waals surface area contributed by atoms with Crippen LogP contribution in [0.3, 0.4) is 0 Å². The maximum atomic E-state index is 13.2. The van der Waals surface area contributed by atoms with Gasteiger partial charge in [-0.1, -0.05) is 62.1 Å². The highest BCUT2D eigenvalue weighted by molar-refractivity contribution is 8.26. The molecule has 0 bridgehead atoms. The Bertz CT molecular complexity index is 1220. The summed E-state index contributed by atoms with van der Waals surface area (Å²) in [7, 11) is 0. The van der Waals surface area contributed by atoms with Crippen molar-refractivity contribution < 1.29 is 9.53 Å². The van der Waals surface area contributed by atoms with Crippen LogP contribution >= 0.6 is 24.0 Å². The van der Waals surface area contributed by atoms with Crippen LogP contribution in [0.5, 0.6) is 11.6 Å². The van der Waals surface area contributed by atoms with Gasteiger partial charge in [-0.15, -0.1) is 0 Å². The monoisotopic (exact) mass is 437 g/mol. The molecule has 0 spiro atoms. The summed E-state index contributed by atoms with van der Waals surface area (Å²) >= 11 is 6.56. The van der Waals surface area contributed by atoms with E-state index in [-0.39, 0.29) is 28.8 Å². The highest BCUT2D eigenvalue weighted by Gasteiger charge is 2.33. The number of fused-ring (bicyclic) bond motifs is 1. The van der Waals surface area contributed by atoms with Crippen molar-refractivity contribution in [2.75, 3.05) is 6.54 Å². The van der Waals surface area contributed by atoms with Crippen LogP contribution in [0.1, 0.15) is 19.4 Å². The van der Waals surface area contributed by atoms with E-state index in [0.29, 0.717) is 27.2 Å². The van der Waals surface area contributed by atoms with Gasteiger partial charge in [0.05, 0.1) is 4.91 Å². The number of ether oxygens (including phenoxy) is 1. The van der Waals surface area contributed by atoms with Crippen LogP contribution in [0.15, 0.2) is 64.4 Å². The standard InChI is InChI=1S/C22H19N3O3S2/c1-14(2)13-25-21(27)17(30-22(25)29)12-16-19(28-15-8-4-3-5-9-15)23-18-10-6-7-11-24(18)20(16)26/h3-12,14H,13H2,1-2H3/b17-12-. The number of amides is 1. The lowest BCUT2D eigenvalue weighted by Gasteiger charge is -2.16. The number of hydrogen-bond acceptors (Lipinski definition) is 6. The first-order valence-corrected chi connectivity index (χ1v) is 10.7. The summed E-state index contributed by atoms with van der Waals surface area (Å²) in [5, 5.41) is 0. The average Bonchev–Trinajstić information content (AvgIpc) is 2.98. The van der Waals surface area contributed by atoms with E-state index < -0.39 is 0 Å². The highest BCUT2D eigenvalue weighted by Crippen LogP contribution is 2.34. The van der Waals surface area contributed by atoms with Crippen LogP contribution in [0.4, 0.5) is 0 Å². The Morgan fingerprint density at radius 3 is 2.60 bits per heavy atom. The molecule has 152 valence electrons. The summed E-state index contributed by atoms with van der Waals surface area (Å²) in [6.07, 6.45) is 3.17. The molecule has 1 aliphatic heterocycles. The number of carbonyl (C=O) groups is 1. The predicted molar refractivity (Wildman–Crippen MR) is 123 cm³/mol. The topological polar surface area (TPSA) is 63.9 Å². The zero-order chi connectivity index (χ0) is 21.3. The van der Waals surface area contributed by atoms with Crippen LogP contribution in [0.2, 0.25) is 0 Å². The Labute approximate surface area is 183 Å². The fourth-order valence-electron chi connectivity index (χ4n) is 3.04. The maximum Gasteiger partial charge on any atom is 0.269 e. The Kier molecular flexibility index (Phi) is 5.69. The van der Waals surface area contributed by atoms with Gasteiger partial charge in [-0.25, -0.2) is 0 Å². The molecule has 3 heterocycles. The van der Waals surface area contributed by atoms with E-state index in [2.05, 4.69) is 4.98 Å². The minimum Gasteiger partial charge on any atom is -0.438 e. The van der Waals surface area contributed by atoms with E-state index in [0.717, 1.165) is 0 Å². The molecule has 1 aliphatic rings. The molecule has 0 N–H and O–H groups in total. The molecule has 6 nitrogen and oxygen atoms in total. The van der Waals surface area contributed by atoms with Crippen molar-refractivity contribution in [1.29, 1.82) is 0 Å². The SMILES string of the molecule is CC(C)CN1C(=O)/C(=C/c2c(Oc3ccccc3)nc3ccccn3c2=O)SC1=S. The molecule has 30 heavy (non-hydrogen) atoms. The number of benzene rings is 1. The number of carbonyl (C=O) groups excluding carboxylic acids is 1. The molecule has 0 aliphatic carbocycles. The third kappa shape index (κ3) is 4.01. The van der Waals surface area contributed by atoms with Crippen molar-refractivity contribution in [3.8, 4) is 11.6 Å². The Morgan fingerprint density at radius 1 is 1.13 bits per heavy atom. The van der Waals surface area contributed by atoms with Gasteiger partial charge >= 0.3 is 0 Å². The smallest absolute Gasteiger partial charge is 0.269 e. The molecular formula is C22H19N3O3S2. The lowest BCUT2D eigenvalue weighted by Crippen LogP contribution is -2.31.